The van der Waals surface area contributed by atoms with Crippen LogP contribution in [0.2, 0.25) is 0 Å². The van der Waals surface area contributed by atoms with E-state index in [9.17, 15) is 9.59 Å². The lowest BCUT2D eigenvalue weighted by molar-refractivity contribution is -0.121. The predicted octanol–water partition coefficient (Wildman–Crippen LogP) is 6.87. The number of carbonyl (C=O) groups is 2. The van der Waals surface area contributed by atoms with E-state index < -0.39 is 0 Å². The third-order valence-corrected chi connectivity index (χ3v) is 7.30. The van der Waals surface area contributed by atoms with E-state index in [0.717, 1.165) is 84.9 Å². The molecule has 172 valence electrons. The molecule has 1 heterocycles. The Hall–Kier alpha value is -3.08. The molecule has 3 aromatic rings. The SMILES string of the molecule is O=C(Nc1ccc(-c2cc3cc(NC(=O)C4CCCCC4)ccc3[nH]2)cc1)C1CCCCC1. The Bertz CT molecular complexity index is 1120. The number of benzene rings is 2. The molecule has 0 spiro atoms. The maximum atomic E-state index is 12.6. The van der Waals surface area contributed by atoms with Crippen LogP contribution in [0.1, 0.15) is 64.2 Å². The fourth-order valence-electron chi connectivity index (χ4n) is 5.32. The lowest BCUT2D eigenvalue weighted by Crippen LogP contribution is -2.24. The summed E-state index contributed by atoms with van der Waals surface area (Å²) >= 11 is 0. The van der Waals surface area contributed by atoms with Crippen molar-refractivity contribution in [2.75, 3.05) is 10.6 Å². The van der Waals surface area contributed by atoms with Gasteiger partial charge in [-0.3, -0.25) is 9.59 Å². The van der Waals surface area contributed by atoms with Gasteiger partial charge in [0.15, 0.2) is 0 Å². The van der Waals surface area contributed by atoms with Crippen molar-refractivity contribution in [3.63, 3.8) is 0 Å². The minimum absolute atomic E-state index is 0.147. The van der Waals surface area contributed by atoms with E-state index in [1.54, 1.807) is 0 Å². The first kappa shape index (κ1) is 21.7. The summed E-state index contributed by atoms with van der Waals surface area (Å²) in [6, 6.07) is 16.1. The molecule has 0 bridgehead atoms. The molecule has 0 atom stereocenters. The molecule has 0 saturated heterocycles. The van der Waals surface area contributed by atoms with Crippen LogP contribution in [-0.2, 0) is 9.59 Å². The molecule has 0 aliphatic heterocycles. The lowest BCUT2D eigenvalue weighted by Gasteiger charge is -2.20. The Morgan fingerprint density at radius 3 is 1.82 bits per heavy atom. The van der Waals surface area contributed by atoms with Gasteiger partial charge in [-0.05, 0) is 67.6 Å². The summed E-state index contributed by atoms with van der Waals surface area (Å²) in [6.07, 6.45) is 11.1. The van der Waals surface area contributed by atoms with Gasteiger partial charge in [0.2, 0.25) is 11.8 Å². The Labute approximate surface area is 195 Å². The number of anilines is 2. The monoisotopic (exact) mass is 443 g/mol. The van der Waals surface area contributed by atoms with Gasteiger partial charge in [0.25, 0.3) is 0 Å². The standard InChI is InChI=1S/C28H33N3O2/c32-27(20-7-3-1-4-8-20)29-23-13-11-19(12-14-23)26-18-22-17-24(15-16-25(22)31-26)30-28(33)21-9-5-2-6-10-21/h11-18,20-21,31H,1-10H2,(H,29,32)(H,30,33). The van der Waals surface area contributed by atoms with Crippen LogP contribution in [0.15, 0.2) is 48.5 Å². The molecule has 33 heavy (non-hydrogen) atoms. The number of rotatable bonds is 5. The highest BCUT2D eigenvalue weighted by Crippen LogP contribution is 2.30. The first-order valence-electron chi connectivity index (χ1n) is 12.5. The van der Waals surface area contributed by atoms with Crippen molar-refractivity contribution < 1.29 is 9.59 Å². The average molecular weight is 444 g/mol. The molecule has 2 amide bonds. The van der Waals surface area contributed by atoms with Gasteiger partial charge in [0.05, 0.1) is 0 Å². The number of aromatic amines is 1. The van der Waals surface area contributed by atoms with Gasteiger partial charge in [-0.15, -0.1) is 0 Å². The van der Waals surface area contributed by atoms with Crippen molar-refractivity contribution in [3.8, 4) is 11.3 Å². The fraction of sp³-hybridized carbons (Fsp3) is 0.429. The number of aromatic nitrogens is 1. The molecule has 5 rings (SSSR count). The Morgan fingerprint density at radius 1 is 0.667 bits per heavy atom. The quantitative estimate of drug-likeness (QED) is 0.402. The van der Waals surface area contributed by atoms with Crippen molar-refractivity contribution in [2.24, 2.45) is 11.8 Å². The Morgan fingerprint density at radius 2 is 1.21 bits per heavy atom. The van der Waals surface area contributed by atoms with Crippen LogP contribution in [0.25, 0.3) is 22.2 Å². The topological polar surface area (TPSA) is 74.0 Å². The molecular formula is C28H33N3O2. The Balaban J connectivity index is 1.25. The summed E-state index contributed by atoms with van der Waals surface area (Å²) in [5.41, 5.74) is 4.82. The Kier molecular flexibility index (Phi) is 6.47. The molecule has 2 saturated carbocycles. The fourth-order valence-corrected chi connectivity index (χ4v) is 5.32. The number of hydrogen-bond acceptors (Lipinski definition) is 2. The molecule has 3 N–H and O–H groups in total. The minimum Gasteiger partial charge on any atom is -0.355 e. The lowest BCUT2D eigenvalue weighted by atomic mass is 9.88. The molecule has 1 aromatic heterocycles. The number of hydrogen-bond donors (Lipinski definition) is 3. The van der Waals surface area contributed by atoms with E-state index in [4.69, 9.17) is 0 Å². The van der Waals surface area contributed by atoms with E-state index in [1.807, 2.05) is 42.5 Å². The maximum absolute atomic E-state index is 12.6. The number of nitrogens with one attached hydrogen (secondary N) is 3. The van der Waals surface area contributed by atoms with Crippen molar-refractivity contribution in [1.29, 1.82) is 0 Å². The zero-order valence-corrected chi connectivity index (χ0v) is 19.2. The second kappa shape index (κ2) is 9.82. The van der Waals surface area contributed by atoms with E-state index in [1.165, 1.54) is 12.8 Å². The number of H-pyrrole nitrogens is 1. The van der Waals surface area contributed by atoms with Crippen LogP contribution in [0.5, 0.6) is 0 Å². The third kappa shape index (κ3) is 5.13. The first-order valence-corrected chi connectivity index (χ1v) is 12.5. The molecule has 5 nitrogen and oxygen atoms in total. The van der Waals surface area contributed by atoms with Gasteiger partial charge < -0.3 is 15.6 Å². The highest BCUT2D eigenvalue weighted by molar-refractivity contribution is 5.96. The number of carbonyl (C=O) groups excluding carboxylic acids is 2. The van der Waals surface area contributed by atoms with Gasteiger partial charge in [0.1, 0.15) is 0 Å². The molecule has 0 unspecified atom stereocenters. The molecule has 0 radical (unpaired) electrons. The van der Waals surface area contributed by atoms with E-state index in [0.29, 0.717) is 0 Å². The summed E-state index contributed by atoms with van der Waals surface area (Å²) < 4.78 is 0. The molecule has 2 aliphatic carbocycles. The third-order valence-electron chi connectivity index (χ3n) is 7.30. The minimum atomic E-state index is 0.147. The summed E-state index contributed by atoms with van der Waals surface area (Å²) in [6.45, 7) is 0. The zero-order chi connectivity index (χ0) is 22.6. The molecule has 2 aliphatic rings. The summed E-state index contributed by atoms with van der Waals surface area (Å²) in [4.78, 5) is 28.6. The van der Waals surface area contributed by atoms with Crippen LogP contribution >= 0.6 is 0 Å². The van der Waals surface area contributed by atoms with Crippen LogP contribution < -0.4 is 10.6 Å². The molecule has 5 heteroatoms. The maximum Gasteiger partial charge on any atom is 0.227 e. The summed E-state index contributed by atoms with van der Waals surface area (Å²) in [5, 5.41) is 7.26. The van der Waals surface area contributed by atoms with Crippen LogP contribution in [0.4, 0.5) is 11.4 Å². The van der Waals surface area contributed by atoms with E-state index in [2.05, 4.69) is 21.7 Å². The van der Waals surface area contributed by atoms with Gasteiger partial charge in [-0.1, -0.05) is 50.7 Å². The largest absolute Gasteiger partial charge is 0.355 e. The van der Waals surface area contributed by atoms with Crippen LogP contribution in [0.3, 0.4) is 0 Å². The highest BCUT2D eigenvalue weighted by Gasteiger charge is 2.22. The molecule has 2 aromatic carbocycles. The average Bonchev–Trinajstić information content (AvgIpc) is 3.29. The van der Waals surface area contributed by atoms with E-state index >= 15 is 0 Å². The van der Waals surface area contributed by atoms with E-state index in [-0.39, 0.29) is 23.7 Å². The smallest absolute Gasteiger partial charge is 0.227 e. The van der Waals surface area contributed by atoms with Gasteiger partial charge in [0, 0.05) is 39.8 Å². The van der Waals surface area contributed by atoms with Crippen molar-refractivity contribution >= 4 is 34.1 Å². The van der Waals surface area contributed by atoms with Crippen molar-refractivity contribution in [3.05, 3.63) is 48.5 Å². The van der Waals surface area contributed by atoms with Crippen molar-refractivity contribution in [2.45, 2.75) is 64.2 Å². The normalized spacial score (nSPS) is 17.7. The molecular weight excluding hydrogens is 410 g/mol. The predicted molar refractivity (Wildman–Crippen MR) is 134 cm³/mol. The second-order valence-electron chi connectivity index (χ2n) is 9.71. The van der Waals surface area contributed by atoms with Crippen LogP contribution in [0, 0.1) is 11.8 Å². The van der Waals surface area contributed by atoms with Gasteiger partial charge >= 0.3 is 0 Å². The summed E-state index contributed by atoms with van der Waals surface area (Å²) in [7, 11) is 0. The van der Waals surface area contributed by atoms with Gasteiger partial charge in [-0.2, -0.15) is 0 Å². The second-order valence-corrected chi connectivity index (χ2v) is 9.71. The van der Waals surface area contributed by atoms with Gasteiger partial charge in [-0.25, -0.2) is 0 Å². The van der Waals surface area contributed by atoms with Crippen LogP contribution in [-0.4, -0.2) is 16.8 Å². The molecule has 2 fully saturated rings. The zero-order valence-electron chi connectivity index (χ0n) is 19.2. The number of amides is 2. The summed E-state index contributed by atoms with van der Waals surface area (Å²) in [5.74, 6) is 0.597. The first-order chi connectivity index (χ1) is 16.2. The number of fused-ring (bicyclic) bond motifs is 1. The highest BCUT2D eigenvalue weighted by atomic mass is 16.2. The van der Waals surface area contributed by atoms with Crippen molar-refractivity contribution in [1.82, 2.24) is 4.98 Å².